The first-order valence-corrected chi connectivity index (χ1v) is 6.79. The molecule has 0 aromatic carbocycles. The molecule has 7 heteroatoms. The van der Waals surface area contributed by atoms with E-state index >= 15 is 0 Å². The molecule has 2 N–H and O–H groups in total. The SMILES string of the molecule is CCc1nnc(Sc2ccnc(C3CC3)n2)n1N. The first-order chi connectivity index (χ1) is 8.78. The van der Waals surface area contributed by atoms with Gasteiger partial charge in [-0.1, -0.05) is 6.92 Å². The monoisotopic (exact) mass is 262 g/mol. The predicted octanol–water partition coefficient (Wildman–Crippen LogP) is 1.37. The number of rotatable bonds is 4. The minimum Gasteiger partial charge on any atom is -0.336 e. The van der Waals surface area contributed by atoms with Crippen LogP contribution in [0.3, 0.4) is 0 Å². The normalized spacial score (nSPS) is 14.9. The van der Waals surface area contributed by atoms with Crippen LogP contribution in [-0.2, 0) is 6.42 Å². The molecule has 18 heavy (non-hydrogen) atoms. The van der Waals surface area contributed by atoms with Gasteiger partial charge in [0.25, 0.3) is 0 Å². The molecule has 0 spiro atoms. The summed E-state index contributed by atoms with van der Waals surface area (Å²) in [5.74, 6) is 8.15. The van der Waals surface area contributed by atoms with E-state index < -0.39 is 0 Å². The van der Waals surface area contributed by atoms with Gasteiger partial charge in [-0.25, -0.2) is 14.6 Å². The molecule has 1 aliphatic rings. The summed E-state index contributed by atoms with van der Waals surface area (Å²) in [5.41, 5.74) is 0. The number of nitrogens with zero attached hydrogens (tertiary/aromatic N) is 5. The average molecular weight is 262 g/mol. The molecule has 0 unspecified atom stereocenters. The highest BCUT2D eigenvalue weighted by atomic mass is 32.2. The third kappa shape index (κ3) is 2.17. The Morgan fingerprint density at radius 2 is 2.28 bits per heavy atom. The summed E-state index contributed by atoms with van der Waals surface area (Å²) in [6.45, 7) is 2.00. The Hall–Kier alpha value is -1.63. The maximum Gasteiger partial charge on any atom is 0.216 e. The van der Waals surface area contributed by atoms with E-state index in [0.29, 0.717) is 11.1 Å². The topological polar surface area (TPSA) is 82.5 Å². The Kier molecular flexibility index (Phi) is 2.91. The summed E-state index contributed by atoms with van der Waals surface area (Å²) in [4.78, 5) is 8.81. The third-order valence-electron chi connectivity index (χ3n) is 2.84. The van der Waals surface area contributed by atoms with E-state index in [1.165, 1.54) is 29.3 Å². The van der Waals surface area contributed by atoms with Crippen molar-refractivity contribution in [1.82, 2.24) is 24.8 Å². The molecule has 1 saturated carbocycles. The summed E-state index contributed by atoms with van der Waals surface area (Å²) in [6, 6.07) is 1.87. The molecule has 0 bridgehead atoms. The van der Waals surface area contributed by atoms with Crippen molar-refractivity contribution in [3.05, 3.63) is 23.9 Å². The van der Waals surface area contributed by atoms with Gasteiger partial charge in [0, 0.05) is 18.5 Å². The van der Waals surface area contributed by atoms with E-state index in [-0.39, 0.29) is 0 Å². The Labute approximate surface area is 109 Å². The van der Waals surface area contributed by atoms with Gasteiger partial charge in [0.1, 0.15) is 10.9 Å². The van der Waals surface area contributed by atoms with Crippen LogP contribution < -0.4 is 5.84 Å². The highest BCUT2D eigenvalue weighted by Crippen LogP contribution is 2.38. The Bertz CT molecular complexity index is 562. The second-order valence-corrected chi connectivity index (χ2v) is 5.24. The minimum atomic E-state index is 0.549. The quantitative estimate of drug-likeness (QED) is 0.662. The largest absolute Gasteiger partial charge is 0.336 e. The molecule has 0 radical (unpaired) electrons. The van der Waals surface area contributed by atoms with Gasteiger partial charge >= 0.3 is 0 Å². The number of hydrogen-bond acceptors (Lipinski definition) is 6. The fourth-order valence-corrected chi connectivity index (χ4v) is 2.40. The number of aromatic nitrogens is 5. The Morgan fingerprint density at radius 3 is 2.94 bits per heavy atom. The van der Waals surface area contributed by atoms with E-state index in [2.05, 4.69) is 20.2 Å². The Balaban J connectivity index is 1.82. The first-order valence-electron chi connectivity index (χ1n) is 5.98. The molecule has 2 heterocycles. The van der Waals surface area contributed by atoms with E-state index in [0.717, 1.165) is 23.1 Å². The summed E-state index contributed by atoms with van der Waals surface area (Å²) in [6.07, 6.45) is 4.95. The van der Waals surface area contributed by atoms with Crippen molar-refractivity contribution in [3.8, 4) is 0 Å². The summed E-state index contributed by atoms with van der Waals surface area (Å²) in [5, 5.41) is 9.62. The zero-order valence-corrected chi connectivity index (χ0v) is 10.9. The summed E-state index contributed by atoms with van der Waals surface area (Å²) in [7, 11) is 0. The lowest BCUT2D eigenvalue weighted by atomic mass is 10.4. The van der Waals surface area contributed by atoms with Gasteiger partial charge in [0.2, 0.25) is 5.16 Å². The molecule has 1 aliphatic carbocycles. The van der Waals surface area contributed by atoms with Gasteiger partial charge in [0.15, 0.2) is 5.82 Å². The van der Waals surface area contributed by atoms with Crippen molar-refractivity contribution < 1.29 is 0 Å². The minimum absolute atomic E-state index is 0.549. The third-order valence-corrected chi connectivity index (χ3v) is 3.74. The van der Waals surface area contributed by atoms with Crippen molar-refractivity contribution in [1.29, 1.82) is 0 Å². The van der Waals surface area contributed by atoms with Crippen molar-refractivity contribution in [3.63, 3.8) is 0 Å². The van der Waals surface area contributed by atoms with Crippen LogP contribution in [0.5, 0.6) is 0 Å². The molecular weight excluding hydrogens is 248 g/mol. The van der Waals surface area contributed by atoms with Gasteiger partial charge in [0.05, 0.1) is 0 Å². The average Bonchev–Trinajstić information content (AvgIpc) is 3.18. The van der Waals surface area contributed by atoms with Gasteiger partial charge in [-0.05, 0) is 30.7 Å². The Morgan fingerprint density at radius 1 is 1.44 bits per heavy atom. The molecule has 6 nitrogen and oxygen atoms in total. The number of aryl methyl sites for hydroxylation is 1. The standard InChI is InChI=1S/C11H14N6S/c1-2-8-15-16-11(17(8)12)18-9-5-6-13-10(14-9)7-3-4-7/h5-7H,2-4,12H2,1H3. The highest BCUT2D eigenvalue weighted by Gasteiger charge is 2.26. The number of hydrogen-bond donors (Lipinski definition) is 1. The molecule has 2 aromatic rings. The van der Waals surface area contributed by atoms with Crippen LogP contribution in [0.4, 0.5) is 0 Å². The lowest BCUT2D eigenvalue weighted by Gasteiger charge is -2.02. The molecule has 0 aliphatic heterocycles. The van der Waals surface area contributed by atoms with E-state index in [9.17, 15) is 0 Å². The molecule has 0 amide bonds. The second-order valence-electron chi connectivity index (χ2n) is 4.25. The molecule has 94 valence electrons. The van der Waals surface area contributed by atoms with Crippen LogP contribution in [0.25, 0.3) is 0 Å². The van der Waals surface area contributed by atoms with E-state index in [4.69, 9.17) is 5.84 Å². The summed E-state index contributed by atoms with van der Waals surface area (Å²) < 4.78 is 1.52. The van der Waals surface area contributed by atoms with Gasteiger partial charge in [-0.2, -0.15) is 0 Å². The van der Waals surface area contributed by atoms with Crippen LogP contribution in [0.1, 0.15) is 37.3 Å². The fourth-order valence-electron chi connectivity index (χ4n) is 1.66. The smallest absolute Gasteiger partial charge is 0.216 e. The summed E-state index contributed by atoms with van der Waals surface area (Å²) >= 11 is 1.42. The van der Waals surface area contributed by atoms with Crippen molar-refractivity contribution in [2.45, 2.75) is 42.3 Å². The highest BCUT2D eigenvalue weighted by molar-refractivity contribution is 7.99. The predicted molar refractivity (Wildman–Crippen MR) is 67.7 cm³/mol. The van der Waals surface area contributed by atoms with E-state index in [1.807, 2.05) is 13.0 Å². The molecule has 0 atom stereocenters. The second kappa shape index (κ2) is 4.56. The van der Waals surface area contributed by atoms with Gasteiger partial charge in [-0.3, -0.25) is 0 Å². The molecule has 2 aromatic heterocycles. The number of nitrogens with two attached hydrogens (primary N) is 1. The first kappa shape index (κ1) is 11.5. The number of nitrogen functional groups attached to an aromatic ring is 1. The zero-order valence-electron chi connectivity index (χ0n) is 10.1. The lowest BCUT2D eigenvalue weighted by Crippen LogP contribution is -2.13. The maximum absolute atomic E-state index is 5.90. The fraction of sp³-hybridized carbons (Fsp3) is 0.455. The lowest BCUT2D eigenvalue weighted by molar-refractivity contribution is 0.793. The molecule has 3 rings (SSSR count). The van der Waals surface area contributed by atoms with Crippen molar-refractivity contribution in [2.24, 2.45) is 0 Å². The zero-order chi connectivity index (χ0) is 12.5. The van der Waals surface area contributed by atoms with Gasteiger partial charge < -0.3 is 5.84 Å². The molecule has 0 saturated heterocycles. The van der Waals surface area contributed by atoms with Crippen molar-refractivity contribution >= 4 is 11.8 Å². The van der Waals surface area contributed by atoms with Crippen molar-refractivity contribution in [2.75, 3.05) is 5.84 Å². The van der Waals surface area contributed by atoms with Crippen LogP contribution in [0, 0.1) is 0 Å². The van der Waals surface area contributed by atoms with Gasteiger partial charge in [-0.15, -0.1) is 10.2 Å². The molecule has 1 fully saturated rings. The van der Waals surface area contributed by atoms with Crippen LogP contribution >= 0.6 is 11.8 Å². The molecular formula is C11H14N6S. The van der Waals surface area contributed by atoms with Crippen LogP contribution in [-0.4, -0.2) is 24.8 Å². The maximum atomic E-state index is 5.90. The van der Waals surface area contributed by atoms with E-state index in [1.54, 1.807) is 6.20 Å². The van der Waals surface area contributed by atoms with Crippen LogP contribution in [0.15, 0.2) is 22.4 Å². The van der Waals surface area contributed by atoms with Crippen LogP contribution in [0.2, 0.25) is 0 Å².